The van der Waals surface area contributed by atoms with Gasteiger partial charge in [-0.15, -0.1) is 0 Å². The lowest BCUT2D eigenvalue weighted by atomic mass is 10.1. The lowest BCUT2D eigenvalue weighted by molar-refractivity contribution is 0.102. The van der Waals surface area contributed by atoms with Crippen molar-refractivity contribution in [1.29, 1.82) is 0 Å². The molecule has 1 aromatic carbocycles. The number of ether oxygens (including phenoxy) is 1. The molecular formula is C19H18N4O2. The van der Waals surface area contributed by atoms with Gasteiger partial charge in [0.1, 0.15) is 5.75 Å². The fraction of sp³-hybridized carbons (Fsp3) is 0.211. The van der Waals surface area contributed by atoms with Crippen LogP contribution in [0.15, 0.2) is 42.6 Å². The number of hydrogen-bond acceptors (Lipinski definition) is 4. The number of aryl methyl sites for hydroxylation is 2. The second kappa shape index (κ2) is 6.05. The van der Waals surface area contributed by atoms with Crippen molar-refractivity contribution in [1.82, 2.24) is 14.8 Å². The van der Waals surface area contributed by atoms with Crippen LogP contribution in [0.3, 0.4) is 0 Å². The minimum Gasteiger partial charge on any atom is -0.493 e. The van der Waals surface area contributed by atoms with E-state index >= 15 is 0 Å². The van der Waals surface area contributed by atoms with Crippen molar-refractivity contribution in [3.63, 3.8) is 0 Å². The molecule has 2 aromatic heterocycles. The third kappa shape index (κ3) is 2.98. The number of fused-ring (bicyclic) bond motifs is 1. The van der Waals surface area contributed by atoms with Gasteiger partial charge in [-0.25, -0.2) is 9.67 Å². The number of nitrogens with zero attached hydrogens (tertiary/aromatic N) is 3. The standard InChI is InChI=1S/C19H18N4O2/c1-12-9-13(2)23(22-12)18-6-4-16(11-20-18)21-19(24)15-3-5-17-14(10-15)7-8-25-17/h3-6,9-11H,7-8H2,1-2H3,(H,21,24). The SMILES string of the molecule is Cc1cc(C)n(-c2ccc(NC(=O)c3ccc4c(c3)CCO4)cn2)n1. The van der Waals surface area contributed by atoms with Gasteiger partial charge in [-0.1, -0.05) is 0 Å². The highest BCUT2D eigenvalue weighted by Gasteiger charge is 2.15. The van der Waals surface area contributed by atoms with Gasteiger partial charge in [0.2, 0.25) is 0 Å². The highest BCUT2D eigenvalue weighted by Crippen LogP contribution is 2.26. The second-order valence-electron chi connectivity index (χ2n) is 6.12. The number of pyridine rings is 1. The molecule has 0 aliphatic carbocycles. The summed E-state index contributed by atoms with van der Waals surface area (Å²) in [6.07, 6.45) is 2.48. The molecule has 25 heavy (non-hydrogen) atoms. The van der Waals surface area contributed by atoms with Crippen molar-refractivity contribution in [2.75, 3.05) is 11.9 Å². The van der Waals surface area contributed by atoms with E-state index in [0.29, 0.717) is 17.9 Å². The Morgan fingerprint density at radius 3 is 2.80 bits per heavy atom. The molecule has 0 saturated heterocycles. The highest BCUT2D eigenvalue weighted by molar-refractivity contribution is 6.04. The van der Waals surface area contributed by atoms with E-state index in [2.05, 4.69) is 15.4 Å². The first-order chi connectivity index (χ1) is 12.1. The van der Waals surface area contributed by atoms with Crippen LogP contribution in [0.2, 0.25) is 0 Å². The molecule has 3 heterocycles. The van der Waals surface area contributed by atoms with E-state index in [9.17, 15) is 4.79 Å². The molecule has 0 fully saturated rings. The molecule has 0 spiro atoms. The van der Waals surface area contributed by atoms with Gasteiger partial charge in [0, 0.05) is 17.7 Å². The zero-order valence-corrected chi connectivity index (χ0v) is 14.1. The van der Waals surface area contributed by atoms with Crippen molar-refractivity contribution in [2.24, 2.45) is 0 Å². The quantitative estimate of drug-likeness (QED) is 0.799. The molecule has 0 atom stereocenters. The van der Waals surface area contributed by atoms with Crippen molar-refractivity contribution in [3.05, 3.63) is 65.1 Å². The largest absolute Gasteiger partial charge is 0.493 e. The Morgan fingerprint density at radius 1 is 1.20 bits per heavy atom. The summed E-state index contributed by atoms with van der Waals surface area (Å²) in [7, 11) is 0. The van der Waals surface area contributed by atoms with Crippen molar-refractivity contribution < 1.29 is 9.53 Å². The number of rotatable bonds is 3. The van der Waals surface area contributed by atoms with Crippen molar-refractivity contribution in [2.45, 2.75) is 20.3 Å². The molecule has 6 heteroatoms. The molecule has 0 unspecified atom stereocenters. The summed E-state index contributed by atoms with van der Waals surface area (Å²) in [5.41, 5.74) is 4.30. The van der Waals surface area contributed by atoms with Gasteiger partial charge in [-0.3, -0.25) is 4.79 Å². The molecule has 6 nitrogen and oxygen atoms in total. The van der Waals surface area contributed by atoms with Crippen LogP contribution in [-0.4, -0.2) is 27.3 Å². The van der Waals surface area contributed by atoms with Crippen LogP contribution < -0.4 is 10.1 Å². The summed E-state index contributed by atoms with van der Waals surface area (Å²) in [6.45, 7) is 4.60. The van der Waals surface area contributed by atoms with Crippen LogP contribution in [0.5, 0.6) is 5.75 Å². The molecule has 0 radical (unpaired) electrons. The predicted molar refractivity (Wildman–Crippen MR) is 94.4 cm³/mol. The Morgan fingerprint density at radius 2 is 2.08 bits per heavy atom. The van der Waals surface area contributed by atoms with E-state index in [-0.39, 0.29) is 5.91 Å². The maximum atomic E-state index is 12.4. The first-order valence-electron chi connectivity index (χ1n) is 8.17. The molecule has 4 rings (SSSR count). The van der Waals surface area contributed by atoms with Crippen molar-refractivity contribution >= 4 is 11.6 Å². The molecular weight excluding hydrogens is 316 g/mol. The highest BCUT2D eigenvalue weighted by atomic mass is 16.5. The summed E-state index contributed by atoms with van der Waals surface area (Å²) >= 11 is 0. The monoisotopic (exact) mass is 334 g/mol. The average Bonchev–Trinajstić information content (AvgIpc) is 3.20. The number of nitrogens with one attached hydrogen (secondary N) is 1. The fourth-order valence-corrected chi connectivity index (χ4v) is 2.98. The molecule has 0 bridgehead atoms. The van der Waals surface area contributed by atoms with Crippen LogP contribution in [0.25, 0.3) is 5.82 Å². The molecule has 0 saturated carbocycles. The van der Waals surface area contributed by atoms with Crippen LogP contribution in [0.1, 0.15) is 27.3 Å². The van der Waals surface area contributed by atoms with E-state index in [1.807, 2.05) is 44.2 Å². The fourth-order valence-electron chi connectivity index (χ4n) is 2.98. The van der Waals surface area contributed by atoms with Gasteiger partial charge in [0.25, 0.3) is 5.91 Å². The Balaban J connectivity index is 1.51. The van der Waals surface area contributed by atoms with Gasteiger partial charge in [0.15, 0.2) is 5.82 Å². The van der Waals surface area contributed by atoms with Crippen LogP contribution in [0, 0.1) is 13.8 Å². The van der Waals surface area contributed by atoms with Crippen LogP contribution >= 0.6 is 0 Å². The second-order valence-corrected chi connectivity index (χ2v) is 6.12. The lowest BCUT2D eigenvalue weighted by Crippen LogP contribution is -2.12. The van der Waals surface area contributed by atoms with E-state index in [4.69, 9.17) is 4.74 Å². The molecule has 1 aliphatic rings. The number of hydrogen-bond donors (Lipinski definition) is 1. The Kier molecular flexibility index (Phi) is 3.72. The summed E-state index contributed by atoms with van der Waals surface area (Å²) in [5, 5.41) is 7.28. The molecule has 1 N–H and O–H groups in total. The Bertz CT molecular complexity index is 945. The maximum absolute atomic E-state index is 12.4. The number of anilines is 1. The van der Waals surface area contributed by atoms with E-state index < -0.39 is 0 Å². The number of carbonyl (C=O) groups is 1. The number of amides is 1. The third-order valence-corrected chi connectivity index (χ3v) is 4.18. The molecule has 126 valence electrons. The summed E-state index contributed by atoms with van der Waals surface area (Å²) in [4.78, 5) is 16.8. The van der Waals surface area contributed by atoms with Crippen molar-refractivity contribution in [3.8, 4) is 11.6 Å². The predicted octanol–water partition coefficient (Wildman–Crippen LogP) is 3.07. The van der Waals surface area contributed by atoms with Crippen LogP contribution in [-0.2, 0) is 6.42 Å². The number of aromatic nitrogens is 3. The number of benzene rings is 1. The van der Waals surface area contributed by atoms with Gasteiger partial charge in [-0.2, -0.15) is 5.10 Å². The van der Waals surface area contributed by atoms with E-state index in [0.717, 1.165) is 34.9 Å². The molecule has 1 aliphatic heterocycles. The smallest absolute Gasteiger partial charge is 0.255 e. The van der Waals surface area contributed by atoms with E-state index in [1.165, 1.54) is 0 Å². The summed E-state index contributed by atoms with van der Waals surface area (Å²) < 4.78 is 7.25. The Labute approximate surface area is 145 Å². The van der Waals surface area contributed by atoms with Gasteiger partial charge >= 0.3 is 0 Å². The first kappa shape index (κ1) is 15.4. The number of carbonyl (C=O) groups excluding carboxylic acids is 1. The third-order valence-electron chi connectivity index (χ3n) is 4.18. The summed E-state index contributed by atoms with van der Waals surface area (Å²) in [5.74, 6) is 1.43. The summed E-state index contributed by atoms with van der Waals surface area (Å²) in [6, 6.07) is 11.2. The van der Waals surface area contributed by atoms with Gasteiger partial charge in [0.05, 0.1) is 24.2 Å². The van der Waals surface area contributed by atoms with Gasteiger partial charge < -0.3 is 10.1 Å². The zero-order valence-electron chi connectivity index (χ0n) is 14.1. The lowest BCUT2D eigenvalue weighted by Gasteiger charge is -2.08. The zero-order chi connectivity index (χ0) is 17.4. The molecule has 1 amide bonds. The topological polar surface area (TPSA) is 69.0 Å². The Hall–Kier alpha value is -3.15. The first-order valence-corrected chi connectivity index (χ1v) is 8.17. The normalized spacial score (nSPS) is 12.6. The average molecular weight is 334 g/mol. The van der Waals surface area contributed by atoms with Gasteiger partial charge in [-0.05, 0) is 55.8 Å². The maximum Gasteiger partial charge on any atom is 0.255 e. The van der Waals surface area contributed by atoms with E-state index in [1.54, 1.807) is 16.9 Å². The van der Waals surface area contributed by atoms with Crippen LogP contribution in [0.4, 0.5) is 5.69 Å². The minimum atomic E-state index is -0.157. The minimum absolute atomic E-state index is 0.157. The molecule has 3 aromatic rings.